The zero-order valence-corrected chi connectivity index (χ0v) is 17.6. The molecule has 2 aliphatic rings. The van der Waals surface area contributed by atoms with Crippen LogP contribution in [-0.2, 0) is 26.0 Å². The summed E-state index contributed by atoms with van der Waals surface area (Å²) >= 11 is 0. The molecule has 0 aromatic heterocycles. The Kier molecular flexibility index (Phi) is 5.62. The van der Waals surface area contributed by atoms with Crippen LogP contribution in [0.1, 0.15) is 35.7 Å². The molecule has 1 atom stereocenters. The van der Waals surface area contributed by atoms with E-state index in [-0.39, 0.29) is 16.4 Å². The molecule has 158 valence electrons. The van der Waals surface area contributed by atoms with Crippen molar-refractivity contribution < 1.29 is 22.7 Å². The second-order valence-corrected chi connectivity index (χ2v) is 9.49. The molecule has 0 N–H and O–H groups in total. The van der Waals surface area contributed by atoms with Crippen molar-refractivity contribution in [2.45, 2.75) is 37.2 Å². The van der Waals surface area contributed by atoms with E-state index in [9.17, 15) is 18.0 Å². The quantitative estimate of drug-likeness (QED) is 0.684. The maximum atomic E-state index is 12.8. The summed E-state index contributed by atoms with van der Waals surface area (Å²) in [5.74, 6) is -0.935. The topological polar surface area (TPSA) is 84.0 Å². The molecule has 2 aliphatic heterocycles. The number of para-hydroxylation sites is 1. The van der Waals surface area contributed by atoms with Gasteiger partial charge in [-0.3, -0.25) is 4.79 Å². The van der Waals surface area contributed by atoms with E-state index in [1.54, 1.807) is 11.8 Å². The lowest BCUT2D eigenvalue weighted by molar-refractivity contribution is -0.126. The third kappa shape index (κ3) is 3.85. The second kappa shape index (κ2) is 8.20. The van der Waals surface area contributed by atoms with Crippen molar-refractivity contribution in [2.24, 2.45) is 0 Å². The summed E-state index contributed by atoms with van der Waals surface area (Å²) in [5.41, 5.74) is 2.15. The van der Waals surface area contributed by atoms with Gasteiger partial charge in [-0.25, -0.2) is 13.2 Å². The van der Waals surface area contributed by atoms with Crippen LogP contribution in [0.2, 0.25) is 0 Å². The smallest absolute Gasteiger partial charge is 0.338 e. The number of carbonyl (C=O) groups excluding carboxylic acids is 2. The lowest BCUT2D eigenvalue weighted by Crippen LogP contribution is -2.39. The highest BCUT2D eigenvalue weighted by atomic mass is 32.2. The van der Waals surface area contributed by atoms with Crippen LogP contribution < -0.4 is 4.90 Å². The predicted molar refractivity (Wildman–Crippen MR) is 112 cm³/mol. The molecule has 1 amide bonds. The molecule has 30 heavy (non-hydrogen) atoms. The number of carbonyl (C=O) groups is 2. The van der Waals surface area contributed by atoms with Gasteiger partial charge in [0, 0.05) is 25.3 Å². The Labute approximate surface area is 176 Å². The molecule has 0 bridgehead atoms. The van der Waals surface area contributed by atoms with E-state index < -0.39 is 22.1 Å². The van der Waals surface area contributed by atoms with E-state index in [1.807, 2.05) is 24.3 Å². The summed E-state index contributed by atoms with van der Waals surface area (Å²) in [6.07, 6.45) is 1.54. The number of fused-ring (bicyclic) bond motifs is 1. The van der Waals surface area contributed by atoms with Gasteiger partial charge in [-0.1, -0.05) is 18.2 Å². The first-order chi connectivity index (χ1) is 14.4. The van der Waals surface area contributed by atoms with Crippen LogP contribution in [0.4, 0.5) is 5.69 Å². The monoisotopic (exact) mass is 428 g/mol. The van der Waals surface area contributed by atoms with Crippen LogP contribution in [0.5, 0.6) is 0 Å². The Morgan fingerprint density at radius 2 is 1.63 bits per heavy atom. The fraction of sp³-hybridized carbons (Fsp3) is 0.364. The molecule has 2 aromatic carbocycles. The van der Waals surface area contributed by atoms with Gasteiger partial charge < -0.3 is 9.64 Å². The third-order valence-corrected chi connectivity index (χ3v) is 7.49. The molecule has 7 nitrogen and oxygen atoms in total. The standard InChI is InChI=1S/C22H24N2O5S/c1-16(21(25)24-15-12-17-6-2-3-7-20(17)24)29-22(26)18-8-10-19(11-9-18)30(27,28)23-13-4-5-14-23/h2-3,6-11,16H,4-5,12-15H2,1H3. The summed E-state index contributed by atoms with van der Waals surface area (Å²) in [6, 6.07) is 13.3. The molecule has 4 rings (SSSR count). The zero-order chi connectivity index (χ0) is 21.3. The molecule has 1 fully saturated rings. The molecular formula is C22H24N2O5S. The Morgan fingerprint density at radius 3 is 2.33 bits per heavy atom. The Hall–Kier alpha value is -2.71. The van der Waals surface area contributed by atoms with Crippen molar-refractivity contribution in [3.63, 3.8) is 0 Å². The van der Waals surface area contributed by atoms with Crippen molar-refractivity contribution in [3.8, 4) is 0 Å². The van der Waals surface area contributed by atoms with Gasteiger partial charge in [0.2, 0.25) is 10.0 Å². The Morgan fingerprint density at radius 1 is 0.967 bits per heavy atom. The van der Waals surface area contributed by atoms with Crippen molar-refractivity contribution in [1.29, 1.82) is 0 Å². The number of benzene rings is 2. The van der Waals surface area contributed by atoms with Crippen molar-refractivity contribution in [3.05, 3.63) is 59.7 Å². The Balaban J connectivity index is 1.42. The van der Waals surface area contributed by atoms with Crippen LogP contribution in [-0.4, -0.2) is 50.3 Å². The number of esters is 1. The number of amides is 1. The van der Waals surface area contributed by atoms with E-state index >= 15 is 0 Å². The average Bonchev–Trinajstić information content (AvgIpc) is 3.44. The summed E-state index contributed by atoms with van der Waals surface area (Å²) in [6.45, 7) is 3.15. The molecule has 0 saturated carbocycles. The maximum absolute atomic E-state index is 12.8. The molecule has 0 aliphatic carbocycles. The highest BCUT2D eigenvalue weighted by molar-refractivity contribution is 7.89. The highest BCUT2D eigenvalue weighted by Gasteiger charge is 2.30. The van der Waals surface area contributed by atoms with Crippen LogP contribution in [0.15, 0.2) is 53.4 Å². The summed E-state index contributed by atoms with van der Waals surface area (Å²) in [4.78, 5) is 27.0. The van der Waals surface area contributed by atoms with Crippen LogP contribution in [0.3, 0.4) is 0 Å². The van der Waals surface area contributed by atoms with Crippen molar-refractivity contribution in [2.75, 3.05) is 24.5 Å². The molecule has 1 unspecified atom stereocenters. The van der Waals surface area contributed by atoms with Gasteiger partial charge in [-0.05, 0) is 62.1 Å². The van der Waals surface area contributed by atoms with Crippen molar-refractivity contribution >= 4 is 27.6 Å². The normalized spacial score (nSPS) is 17.6. The largest absolute Gasteiger partial charge is 0.449 e. The number of anilines is 1. The number of hydrogen-bond donors (Lipinski definition) is 0. The van der Waals surface area contributed by atoms with Crippen LogP contribution in [0.25, 0.3) is 0 Å². The fourth-order valence-electron chi connectivity index (χ4n) is 3.91. The zero-order valence-electron chi connectivity index (χ0n) is 16.8. The minimum atomic E-state index is -3.54. The van der Waals surface area contributed by atoms with Crippen LogP contribution >= 0.6 is 0 Å². The molecule has 2 aromatic rings. The fourth-order valence-corrected chi connectivity index (χ4v) is 5.42. The molecule has 0 spiro atoms. The molecule has 8 heteroatoms. The van der Waals surface area contributed by atoms with Gasteiger partial charge in [0.15, 0.2) is 6.10 Å². The van der Waals surface area contributed by atoms with Gasteiger partial charge in [0.05, 0.1) is 10.5 Å². The first kappa shape index (κ1) is 20.6. The van der Waals surface area contributed by atoms with E-state index in [4.69, 9.17) is 4.74 Å². The number of nitrogens with zero attached hydrogens (tertiary/aromatic N) is 2. The summed E-state index contributed by atoms with van der Waals surface area (Å²) < 4.78 is 32.0. The third-order valence-electron chi connectivity index (χ3n) is 5.58. The van der Waals surface area contributed by atoms with Gasteiger partial charge in [0.25, 0.3) is 5.91 Å². The van der Waals surface area contributed by atoms with Gasteiger partial charge in [-0.15, -0.1) is 0 Å². The number of ether oxygens (including phenoxy) is 1. The minimum Gasteiger partial charge on any atom is -0.449 e. The molecular weight excluding hydrogens is 404 g/mol. The number of rotatable bonds is 5. The van der Waals surface area contributed by atoms with Gasteiger partial charge in [0.1, 0.15) is 0 Å². The molecule has 2 heterocycles. The minimum absolute atomic E-state index is 0.152. The maximum Gasteiger partial charge on any atom is 0.338 e. The molecule has 1 saturated heterocycles. The van der Waals surface area contributed by atoms with E-state index in [0.29, 0.717) is 19.6 Å². The second-order valence-electron chi connectivity index (χ2n) is 7.55. The predicted octanol–water partition coefficient (Wildman–Crippen LogP) is 2.61. The average molecular weight is 429 g/mol. The number of hydrogen-bond acceptors (Lipinski definition) is 5. The summed E-state index contributed by atoms with van der Waals surface area (Å²) in [5, 5.41) is 0. The molecule has 0 radical (unpaired) electrons. The van der Waals surface area contributed by atoms with Crippen LogP contribution in [0, 0.1) is 0 Å². The first-order valence-corrected chi connectivity index (χ1v) is 11.5. The highest BCUT2D eigenvalue weighted by Crippen LogP contribution is 2.28. The van der Waals surface area contributed by atoms with E-state index in [1.165, 1.54) is 28.6 Å². The van der Waals surface area contributed by atoms with E-state index in [0.717, 1.165) is 30.5 Å². The van der Waals surface area contributed by atoms with Gasteiger partial charge in [-0.2, -0.15) is 4.31 Å². The lowest BCUT2D eigenvalue weighted by atomic mass is 10.2. The lowest BCUT2D eigenvalue weighted by Gasteiger charge is -2.21. The Bertz CT molecular complexity index is 1060. The SMILES string of the molecule is CC(OC(=O)c1ccc(S(=O)(=O)N2CCCC2)cc1)C(=O)N1CCc2ccccc21. The first-order valence-electron chi connectivity index (χ1n) is 10.1. The van der Waals surface area contributed by atoms with E-state index in [2.05, 4.69) is 0 Å². The van der Waals surface area contributed by atoms with Crippen molar-refractivity contribution in [1.82, 2.24) is 4.31 Å². The number of sulfonamides is 1. The van der Waals surface area contributed by atoms with Gasteiger partial charge >= 0.3 is 5.97 Å². The summed E-state index contributed by atoms with van der Waals surface area (Å²) in [7, 11) is -3.54.